The molecule has 0 aliphatic rings. The first-order chi connectivity index (χ1) is 7.54. The number of ketones is 1. The maximum absolute atomic E-state index is 11.0. The monoisotopic (exact) mass is 222 g/mol. The Morgan fingerprint density at radius 1 is 1.50 bits per heavy atom. The quantitative estimate of drug-likeness (QED) is 0.832. The van der Waals surface area contributed by atoms with Crippen molar-refractivity contribution in [1.82, 2.24) is 0 Å². The molecule has 0 aromatic heterocycles. The van der Waals surface area contributed by atoms with Gasteiger partial charge < -0.3 is 14.6 Å². The lowest BCUT2D eigenvalue weighted by Gasteiger charge is -2.12. The van der Waals surface area contributed by atoms with Crippen LogP contribution in [0.5, 0.6) is 11.5 Å². The van der Waals surface area contributed by atoms with Gasteiger partial charge in [-0.15, -0.1) is 0 Å². The highest BCUT2D eigenvalue weighted by molar-refractivity contribution is 5.75. The Kier molecular flexibility index (Phi) is 4.35. The lowest BCUT2D eigenvalue weighted by atomic mass is 9.96. The van der Waals surface area contributed by atoms with Gasteiger partial charge in [0, 0.05) is 6.42 Å². The van der Waals surface area contributed by atoms with Crippen LogP contribution in [0.15, 0.2) is 18.2 Å². The number of phenols is 1. The number of para-hydroxylation sites is 1. The predicted molar refractivity (Wildman–Crippen MR) is 62.8 cm³/mol. The van der Waals surface area contributed by atoms with Crippen LogP contribution < -0.4 is 4.74 Å². The second-order valence-electron chi connectivity index (χ2n) is 4.18. The molecule has 1 N–H and O–H groups in total. The molecule has 88 valence electrons. The summed E-state index contributed by atoms with van der Waals surface area (Å²) in [6.07, 6.45) is 1.22. The van der Waals surface area contributed by atoms with Gasteiger partial charge in [0.25, 0.3) is 0 Å². The Bertz CT molecular complexity index is 371. The van der Waals surface area contributed by atoms with E-state index < -0.39 is 0 Å². The lowest BCUT2D eigenvalue weighted by molar-refractivity contribution is -0.117. The minimum Gasteiger partial charge on any atom is -0.504 e. The summed E-state index contributed by atoms with van der Waals surface area (Å²) in [5.74, 6) is 1.07. The Morgan fingerprint density at radius 2 is 2.19 bits per heavy atom. The van der Waals surface area contributed by atoms with Gasteiger partial charge >= 0.3 is 0 Å². The first-order valence-corrected chi connectivity index (χ1v) is 5.39. The molecule has 0 heterocycles. The number of benzene rings is 1. The number of rotatable bonds is 5. The molecule has 0 radical (unpaired) electrons. The molecule has 0 aliphatic carbocycles. The first kappa shape index (κ1) is 12.6. The van der Waals surface area contributed by atoms with E-state index in [9.17, 15) is 9.90 Å². The van der Waals surface area contributed by atoms with E-state index in [0.29, 0.717) is 18.6 Å². The molecule has 0 fully saturated rings. The number of aromatic hydroxyl groups is 1. The highest BCUT2D eigenvalue weighted by atomic mass is 16.5. The molecule has 3 nitrogen and oxygen atoms in total. The van der Waals surface area contributed by atoms with E-state index in [0.717, 1.165) is 5.56 Å². The van der Waals surface area contributed by atoms with E-state index in [1.54, 1.807) is 13.0 Å². The van der Waals surface area contributed by atoms with Crippen molar-refractivity contribution in [3.8, 4) is 11.5 Å². The summed E-state index contributed by atoms with van der Waals surface area (Å²) in [5.41, 5.74) is 0.827. The van der Waals surface area contributed by atoms with Crippen molar-refractivity contribution in [1.29, 1.82) is 0 Å². The molecule has 1 unspecified atom stereocenters. The highest BCUT2D eigenvalue weighted by Gasteiger charge is 2.12. The van der Waals surface area contributed by atoms with E-state index in [2.05, 4.69) is 0 Å². The van der Waals surface area contributed by atoms with Gasteiger partial charge in [-0.2, -0.15) is 0 Å². The van der Waals surface area contributed by atoms with Crippen LogP contribution in [0.1, 0.15) is 25.8 Å². The fourth-order valence-electron chi connectivity index (χ4n) is 1.84. The molecule has 3 heteroatoms. The Labute approximate surface area is 96.1 Å². The van der Waals surface area contributed by atoms with Gasteiger partial charge in [-0.05, 0) is 30.9 Å². The van der Waals surface area contributed by atoms with Crippen LogP contribution in [-0.4, -0.2) is 18.0 Å². The number of hydrogen-bond acceptors (Lipinski definition) is 3. The fourth-order valence-corrected chi connectivity index (χ4v) is 1.84. The Balaban J connectivity index is 2.77. The van der Waals surface area contributed by atoms with Crippen LogP contribution in [0.2, 0.25) is 0 Å². The lowest BCUT2D eigenvalue weighted by Crippen LogP contribution is -2.05. The molecule has 1 aromatic rings. The average Bonchev–Trinajstić information content (AvgIpc) is 2.20. The molecule has 1 aromatic carbocycles. The standard InChI is InChI=1S/C13H18O3/c1-9(7-10(2)14)8-11-5-4-6-12(16-3)13(11)15/h4-6,9,15H,7-8H2,1-3H3. The van der Waals surface area contributed by atoms with Gasteiger partial charge in [-0.25, -0.2) is 0 Å². The zero-order valence-electron chi connectivity index (χ0n) is 9.99. The van der Waals surface area contributed by atoms with Gasteiger partial charge in [0.2, 0.25) is 0 Å². The van der Waals surface area contributed by atoms with Crippen LogP contribution in [0.3, 0.4) is 0 Å². The molecular formula is C13H18O3. The number of phenolic OH excluding ortho intramolecular Hbond substituents is 1. The molecule has 0 aliphatic heterocycles. The van der Waals surface area contributed by atoms with Gasteiger partial charge in [-0.3, -0.25) is 0 Å². The predicted octanol–water partition coefficient (Wildman–Crippen LogP) is 2.56. The minimum atomic E-state index is 0.176. The Hall–Kier alpha value is -1.51. The molecule has 0 spiro atoms. The molecule has 1 rings (SSSR count). The molecule has 0 saturated carbocycles. The summed E-state index contributed by atoms with van der Waals surface area (Å²) in [4.78, 5) is 11.0. The van der Waals surface area contributed by atoms with Crippen LogP contribution in [-0.2, 0) is 11.2 Å². The fraction of sp³-hybridized carbons (Fsp3) is 0.462. The molecular weight excluding hydrogens is 204 g/mol. The minimum absolute atomic E-state index is 0.176. The summed E-state index contributed by atoms with van der Waals surface area (Å²) in [5, 5.41) is 9.86. The number of Topliss-reactive ketones (excluding diaryl/α,β-unsaturated/α-hetero) is 1. The zero-order chi connectivity index (χ0) is 12.1. The number of ether oxygens (including phenoxy) is 1. The maximum Gasteiger partial charge on any atom is 0.160 e. The maximum atomic E-state index is 11.0. The first-order valence-electron chi connectivity index (χ1n) is 5.39. The summed E-state index contributed by atoms with van der Waals surface area (Å²) in [6, 6.07) is 5.41. The van der Waals surface area contributed by atoms with Crippen molar-refractivity contribution in [3.63, 3.8) is 0 Å². The SMILES string of the molecule is COc1cccc(CC(C)CC(C)=O)c1O. The van der Waals surface area contributed by atoms with Crippen LogP contribution in [0.4, 0.5) is 0 Å². The van der Waals surface area contributed by atoms with Crippen LogP contribution >= 0.6 is 0 Å². The summed E-state index contributed by atoms with van der Waals surface area (Å²) in [7, 11) is 1.53. The number of carbonyl (C=O) groups is 1. The van der Waals surface area contributed by atoms with E-state index in [1.165, 1.54) is 7.11 Å². The van der Waals surface area contributed by atoms with Crippen molar-refractivity contribution in [2.45, 2.75) is 26.7 Å². The third-order valence-corrected chi connectivity index (χ3v) is 2.51. The second kappa shape index (κ2) is 5.54. The third kappa shape index (κ3) is 3.26. The van der Waals surface area contributed by atoms with Crippen molar-refractivity contribution in [2.75, 3.05) is 7.11 Å². The summed E-state index contributed by atoms with van der Waals surface area (Å²) in [6.45, 7) is 3.59. The normalized spacial score (nSPS) is 12.2. The largest absolute Gasteiger partial charge is 0.504 e. The smallest absolute Gasteiger partial charge is 0.160 e. The van der Waals surface area contributed by atoms with Crippen molar-refractivity contribution in [3.05, 3.63) is 23.8 Å². The Morgan fingerprint density at radius 3 is 2.75 bits per heavy atom. The summed E-state index contributed by atoms with van der Waals surface area (Å²) >= 11 is 0. The summed E-state index contributed by atoms with van der Waals surface area (Å²) < 4.78 is 5.03. The molecule has 0 bridgehead atoms. The second-order valence-corrected chi connectivity index (χ2v) is 4.18. The van der Waals surface area contributed by atoms with E-state index in [4.69, 9.17) is 4.74 Å². The molecule has 0 amide bonds. The number of hydrogen-bond donors (Lipinski definition) is 1. The van der Waals surface area contributed by atoms with E-state index >= 15 is 0 Å². The van der Waals surface area contributed by atoms with Gasteiger partial charge in [-0.1, -0.05) is 19.1 Å². The van der Waals surface area contributed by atoms with E-state index in [-0.39, 0.29) is 17.5 Å². The van der Waals surface area contributed by atoms with Crippen molar-refractivity contribution in [2.24, 2.45) is 5.92 Å². The van der Waals surface area contributed by atoms with Crippen LogP contribution in [0, 0.1) is 5.92 Å². The molecule has 0 saturated heterocycles. The van der Waals surface area contributed by atoms with Crippen molar-refractivity contribution < 1.29 is 14.6 Å². The molecule has 1 atom stereocenters. The average molecular weight is 222 g/mol. The highest BCUT2D eigenvalue weighted by Crippen LogP contribution is 2.31. The zero-order valence-corrected chi connectivity index (χ0v) is 9.99. The van der Waals surface area contributed by atoms with E-state index in [1.807, 2.05) is 19.1 Å². The van der Waals surface area contributed by atoms with Gasteiger partial charge in [0.15, 0.2) is 11.5 Å². The topological polar surface area (TPSA) is 46.5 Å². The van der Waals surface area contributed by atoms with Crippen molar-refractivity contribution >= 4 is 5.78 Å². The molecule has 16 heavy (non-hydrogen) atoms. The van der Waals surface area contributed by atoms with Crippen LogP contribution in [0.25, 0.3) is 0 Å². The van der Waals surface area contributed by atoms with Gasteiger partial charge in [0.1, 0.15) is 5.78 Å². The number of methoxy groups -OCH3 is 1. The third-order valence-electron chi connectivity index (χ3n) is 2.51. The van der Waals surface area contributed by atoms with Gasteiger partial charge in [0.05, 0.1) is 7.11 Å². The number of carbonyl (C=O) groups excluding carboxylic acids is 1.